The number of likely N-dealkylation sites (tertiary alicyclic amines) is 1. The molecule has 1 aromatic carbocycles. The van der Waals surface area contributed by atoms with Gasteiger partial charge in [0.05, 0.1) is 5.92 Å². The van der Waals surface area contributed by atoms with E-state index in [4.69, 9.17) is 4.74 Å². The summed E-state index contributed by atoms with van der Waals surface area (Å²) in [6.07, 6.45) is 7.43. The molecular formula is C28H41N3O4. The zero-order chi connectivity index (χ0) is 25.2. The topological polar surface area (TPSA) is 79.0 Å². The number of carbonyl (C=O) groups excluding carboxylic acids is 3. The van der Waals surface area contributed by atoms with Crippen LogP contribution in [0.4, 0.5) is 10.5 Å². The maximum Gasteiger partial charge on any atom is 0.410 e. The van der Waals surface area contributed by atoms with Gasteiger partial charge in [0.2, 0.25) is 11.8 Å². The lowest BCUT2D eigenvalue weighted by Crippen LogP contribution is -2.40. The van der Waals surface area contributed by atoms with E-state index >= 15 is 0 Å². The first kappa shape index (κ1) is 25.5. The Kier molecular flexibility index (Phi) is 7.72. The number of hydrogen-bond acceptors (Lipinski definition) is 4. The molecule has 2 aliphatic heterocycles. The molecule has 0 aromatic heterocycles. The summed E-state index contributed by atoms with van der Waals surface area (Å²) in [6, 6.07) is 7.56. The van der Waals surface area contributed by atoms with Crippen molar-refractivity contribution in [2.24, 2.45) is 17.8 Å². The summed E-state index contributed by atoms with van der Waals surface area (Å²) < 4.78 is 5.67. The van der Waals surface area contributed by atoms with Crippen LogP contribution in [0.2, 0.25) is 0 Å². The summed E-state index contributed by atoms with van der Waals surface area (Å²) in [5.41, 5.74) is 1.07. The summed E-state index contributed by atoms with van der Waals surface area (Å²) in [6.45, 7) is 7.54. The first-order valence-electron chi connectivity index (χ1n) is 13.2. The van der Waals surface area contributed by atoms with Crippen molar-refractivity contribution in [3.8, 4) is 0 Å². The number of benzene rings is 1. The summed E-state index contributed by atoms with van der Waals surface area (Å²) in [5, 5.41) is 2.88. The van der Waals surface area contributed by atoms with Crippen LogP contribution in [0.15, 0.2) is 24.3 Å². The molecule has 1 aromatic rings. The maximum absolute atomic E-state index is 13.5. The molecule has 2 fully saturated rings. The van der Waals surface area contributed by atoms with Gasteiger partial charge in [0.15, 0.2) is 0 Å². The van der Waals surface area contributed by atoms with E-state index in [-0.39, 0.29) is 30.2 Å². The summed E-state index contributed by atoms with van der Waals surface area (Å²) in [4.78, 5) is 42.3. The molecule has 1 aliphatic carbocycles. The molecule has 35 heavy (non-hydrogen) atoms. The number of amides is 3. The van der Waals surface area contributed by atoms with Crippen molar-refractivity contribution in [2.75, 3.05) is 32.0 Å². The minimum Gasteiger partial charge on any atom is -0.444 e. The number of ether oxygens (including phenoxy) is 1. The zero-order valence-corrected chi connectivity index (χ0v) is 21.7. The van der Waals surface area contributed by atoms with E-state index in [0.29, 0.717) is 31.5 Å². The SMILES string of the molecule is CN(CC1CN(C(=O)OC(C)(C)C)CC1CC1CCCCC1)C(=O)C1CC(=O)Nc2ccccc21. The van der Waals surface area contributed by atoms with Gasteiger partial charge in [-0.1, -0.05) is 50.3 Å². The van der Waals surface area contributed by atoms with E-state index in [2.05, 4.69) is 5.32 Å². The molecule has 0 bridgehead atoms. The van der Waals surface area contributed by atoms with Crippen LogP contribution in [-0.4, -0.2) is 60.0 Å². The van der Waals surface area contributed by atoms with E-state index in [9.17, 15) is 14.4 Å². The third-order valence-corrected chi connectivity index (χ3v) is 7.77. The number of rotatable bonds is 5. The van der Waals surface area contributed by atoms with E-state index < -0.39 is 11.5 Å². The van der Waals surface area contributed by atoms with Gasteiger partial charge in [0.1, 0.15) is 5.60 Å². The summed E-state index contributed by atoms with van der Waals surface area (Å²) in [7, 11) is 1.84. The predicted octanol–water partition coefficient (Wildman–Crippen LogP) is 5.02. The number of nitrogens with zero attached hydrogens (tertiary/aromatic N) is 2. The third-order valence-electron chi connectivity index (χ3n) is 7.77. The molecule has 0 spiro atoms. The van der Waals surface area contributed by atoms with Gasteiger partial charge in [-0.05, 0) is 56.6 Å². The lowest BCUT2D eigenvalue weighted by Gasteiger charge is -2.32. The van der Waals surface area contributed by atoms with Gasteiger partial charge >= 0.3 is 6.09 Å². The van der Waals surface area contributed by atoms with Gasteiger partial charge in [0.25, 0.3) is 0 Å². The highest BCUT2D eigenvalue weighted by atomic mass is 16.6. The molecule has 7 heteroatoms. The van der Waals surface area contributed by atoms with Crippen molar-refractivity contribution in [1.29, 1.82) is 0 Å². The van der Waals surface area contributed by atoms with Gasteiger partial charge in [-0.3, -0.25) is 9.59 Å². The molecule has 3 amide bonds. The van der Waals surface area contributed by atoms with Crippen LogP contribution in [0.3, 0.4) is 0 Å². The largest absolute Gasteiger partial charge is 0.444 e. The van der Waals surface area contributed by atoms with E-state index in [0.717, 1.165) is 17.7 Å². The molecule has 4 rings (SSSR count). The highest BCUT2D eigenvalue weighted by Crippen LogP contribution is 2.37. The Morgan fingerprint density at radius 2 is 1.77 bits per heavy atom. The summed E-state index contributed by atoms with van der Waals surface area (Å²) in [5.74, 6) is 0.630. The minimum atomic E-state index is -0.532. The summed E-state index contributed by atoms with van der Waals surface area (Å²) >= 11 is 0. The number of likely N-dealkylation sites (N-methyl/N-ethyl adjacent to an activating group) is 1. The fraction of sp³-hybridized carbons (Fsp3) is 0.679. The minimum absolute atomic E-state index is 0.0283. The number of para-hydroxylation sites is 1. The number of carbonyl (C=O) groups is 3. The Balaban J connectivity index is 1.46. The smallest absolute Gasteiger partial charge is 0.410 e. The molecule has 3 unspecified atom stereocenters. The first-order chi connectivity index (χ1) is 16.6. The zero-order valence-electron chi connectivity index (χ0n) is 21.7. The van der Waals surface area contributed by atoms with Crippen LogP contribution in [0, 0.1) is 17.8 Å². The van der Waals surface area contributed by atoms with Gasteiger partial charge in [-0.15, -0.1) is 0 Å². The highest BCUT2D eigenvalue weighted by molar-refractivity contribution is 6.01. The van der Waals surface area contributed by atoms with Crippen molar-refractivity contribution >= 4 is 23.6 Å². The number of nitrogens with one attached hydrogen (secondary N) is 1. The standard InChI is InChI=1S/C28H41N3O4/c1-28(2,3)35-27(34)31-17-20(14-19-10-6-5-7-11-19)21(18-31)16-30(4)26(33)23-15-25(32)29-24-13-9-8-12-22(23)24/h8-9,12-13,19-21,23H,5-7,10-11,14-18H2,1-4H3,(H,29,32). The van der Waals surface area contributed by atoms with Crippen LogP contribution >= 0.6 is 0 Å². The van der Waals surface area contributed by atoms with Crippen LogP contribution < -0.4 is 5.32 Å². The number of hydrogen-bond donors (Lipinski definition) is 1. The molecule has 2 heterocycles. The second kappa shape index (κ2) is 10.6. The molecule has 7 nitrogen and oxygen atoms in total. The molecule has 3 aliphatic rings. The Bertz CT molecular complexity index is 934. The quantitative estimate of drug-likeness (QED) is 0.638. The van der Waals surface area contributed by atoms with E-state index in [1.165, 1.54) is 32.1 Å². The third kappa shape index (κ3) is 6.36. The Morgan fingerprint density at radius 3 is 2.49 bits per heavy atom. The van der Waals surface area contributed by atoms with Crippen LogP contribution in [0.5, 0.6) is 0 Å². The molecule has 1 saturated heterocycles. The molecule has 3 atom stereocenters. The lowest BCUT2D eigenvalue weighted by atomic mass is 9.79. The molecule has 1 saturated carbocycles. The number of fused-ring (bicyclic) bond motifs is 1. The fourth-order valence-electron chi connectivity index (χ4n) is 6.08. The molecular weight excluding hydrogens is 442 g/mol. The van der Waals surface area contributed by atoms with Crippen LogP contribution in [0.25, 0.3) is 0 Å². The average molecular weight is 484 g/mol. The van der Waals surface area contributed by atoms with Gasteiger partial charge in [-0.25, -0.2) is 4.79 Å². The average Bonchev–Trinajstić information content (AvgIpc) is 3.19. The van der Waals surface area contributed by atoms with Crippen molar-refractivity contribution in [1.82, 2.24) is 9.80 Å². The van der Waals surface area contributed by atoms with Gasteiger partial charge < -0.3 is 19.9 Å². The molecule has 0 radical (unpaired) electrons. The van der Waals surface area contributed by atoms with Gasteiger partial charge in [0, 0.05) is 38.8 Å². The van der Waals surface area contributed by atoms with Crippen molar-refractivity contribution < 1.29 is 19.1 Å². The molecule has 1 N–H and O–H groups in total. The van der Waals surface area contributed by atoms with Crippen LogP contribution in [-0.2, 0) is 14.3 Å². The Morgan fingerprint density at radius 1 is 1.09 bits per heavy atom. The second-order valence-electron chi connectivity index (χ2n) is 11.8. The number of anilines is 1. The lowest BCUT2D eigenvalue weighted by molar-refractivity contribution is -0.134. The fourth-order valence-corrected chi connectivity index (χ4v) is 6.08. The monoisotopic (exact) mass is 483 g/mol. The first-order valence-corrected chi connectivity index (χ1v) is 13.2. The predicted molar refractivity (Wildman–Crippen MR) is 136 cm³/mol. The Labute approximate surface area is 209 Å². The molecule has 192 valence electrons. The van der Waals surface area contributed by atoms with Crippen molar-refractivity contribution in [2.45, 2.75) is 77.2 Å². The highest BCUT2D eigenvalue weighted by Gasteiger charge is 2.40. The van der Waals surface area contributed by atoms with Crippen molar-refractivity contribution in [3.05, 3.63) is 29.8 Å². The normalized spacial score (nSPS) is 25.1. The van der Waals surface area contributed by atoms with Crippen molar-refractivity contribution in [3.63, 3.8) is 0 Å². The van der Waals surface area contributed by atoms with E-state index in [1.807, 2.05) is 57.0 Å². The Hall–Kier alpha value is -2.57. The second-order valence-corrected chi connectivity index (χ2v) is 11.8. The van der Waals surface area contributed by atoms with Crippen LogP contribution in [0.1, 0.15) is 77.2 Å². The van der Waals surface area contributed by atoms with Gasteiger partial charge in [-0.2, -0.15) is 0 Å². The maximum atomic E-state index is 13.5. The van der Waals surface area contributed by atoms with E-state index in [1.54, 1.807) is 4.90 Å².